The molecule has 0 aromatic heterocycles. The Hall–Kier alpha value is -2.09. The third-order valence-electron chi connectivity index (χ3n) is 2.45. The molecule has 0 aliphatic rings. The van der Waals surface area contributed by atoms with Crippen molar-refractivity contribution in [3.8, 4) is 0 Å². The van der Waals surface area contributed by atoms with Crippen molar-refractivity contribution in [3.63, 3.8) is 0 Å². The molecule has 2 aromatic rings. The van der Waals surface area contributed by atoms with Crippen LogP contribution in [0.25, 0.3) is 0 Å². The van der Waals surface area contributed by atoms with Crippen molar-refractivity contribution in [1.29, 1.82) is 0 Å². The van der Waals surface area contributed by atoms with Crippen LogP contribution in [0.15, 0.2) is 72.8 Å². The Kier molecular flexibility index (Phi) is 36.7. The van der Waals surface area contributed by atoms with Gasteiger partial charge in [-0.25, -0.2) is 0 Å². The lowest BCUT2D eigenvalue weighted by atomic mass is 10.2. The first-order valence-electron chi connectivity index (χ1n) is 8.76. The van der Waals surface area contributed by atoms with Crippen LogP contribution in [0.3, 0.4) is 0 Å². The molecule has 0 atom stereocenters. The van der Waals surface area contributed by atoms with Crippen LogP contribution in [0, 0.1) is 5.92 Å². The van der Waals surface area contributed by atoms with E-state index >= 15 is 0 Å². The van der Waals surface area contributed by atoms with Gasteiger partial charge in [-0.3, -0.25) is 4.79 Å². The van der Waals surface area contributed by atoms with Gasteiger partial charge in [-0.05, 0) is 5.92 Å². The van der Waals surface area contributed by atoms with E-state index in [0.29, 0.717) is 0 Å². The molecule has 144 valence electrons. The zero-order valence-electron chi connectivity index (χ0n) is 16.3. The molecule has 0 spiro atoms. The molecule has 0 saturated carbocycles. The van der Waals surface area contributed by atoms with Gasteiger partial charge in [0.25, 0.3) is 0 Å². The van der Waals surface area contributed by atoms with Crippen LogP contribution in [0.4, 0.5) is 0 Å². The average Bonchev–Trinajstić information content (AvgIpc) is 2.67. The number of hydrogen-bond acceptors (Lipinski definition) is 1. The fourth-order valence-corrected chi connectivity index (χ4v) is 0.770. The fraction of sp³-hybridized carbons (Fsp3) is 0.435. The molecule has 0 radical (unpaired) electrons. The molecule has 25 heavy (non-hydrogen) atoms. The van der Waals surface area contributed by atoms with E-state index in [9.17, 15) is 4.79 Å². The van der Waals surface area contributed by atoms with Crippen molar-refractivity contribution < 1.29 is 9.90 Å². The molecule has 0 amide bonds. The van der Waals surface area contributed by atoms with Crippen LogP contribution >= 0.6 is 0 Å². The second kappa shape index (κ2) is 29.9. The lowest BCUT2D eigenvalue weighted by molar-refractivity contribution is -0.136. The first kappa shape index (κ1) is 30.8. The zero-order valence-corrected chi connectivity index (χ0v) is 16.3. The maximum atomic E-state index is 9.37. The minimum Gasteiger partial charge on any atom is -0.481 e. The quantitative estimate of drug-likeness (QED) is 0.607. The Morgan fingerprint density at radius 1 is 0.720 bits per heavy atom. The van der Waals surface area contributed by atoms with Crippen LogP contribution in [0.2, 0.25) is 0 Å². The van der Waals surface area contributed by atoms with Crippen LogP contribution in [-0.4, -0.2) is 11.1 Å². The minimum atomic E-state index is -0.745. The predicted octanol–water partition coefficient (Wildman–Crippen LogP) is 7.57. The highest BCUT2D eigenvalue weighted by Crippen LogP contribution is 1.93. The molecule has 0 bridgehead atoms. The molecule has 2 heteroatoms. The SMILES string of the molecule is C.CC.CCC(=O)O.CCC(C)C.c1ccccc1.c1ccccc1. The maximum absolute atomic E-state index is 9.37. The van der Waals surface area contributed by atoms with Crippen molar-refractivity contribution in [2.45, 2.75) is 61.8 Å². The number of benzene rings is 2. The molecule has 2 aromatic carbocycles. The molecule has 0 heterocycles. The monoisotopic (exact) mass is 348 g/mol. The van der Waals surface area contributed by atoms with E-state index < -0.39 is 5.97 Å². The van der Waals surface area contributed by atoms with Gasteiger partial charge in [0.05, 0.1) is 0 Å². The summed E-state index contributed by atoms with van der Waals surface area (Å²) in [7, 11) is 0. The van der Waals surface area contributed by atoms with Gasteiger partial charge in [-0.2, -0.15) is 0 Å². The Bertz CT molecular complexity index is 326. The lowest BCUT2D eigenvalue weighted by Gasteiger charge is -1.90. The van der Waals surface area contributed by atoms with E-state index in [-0.39, 0.29) is 13.8 Å². The molecule has 1 N–H and O–H groups in total. The summed E-state index contributed by atoms with van der Waals surface area (Å²) in [6, 6.07) is 24.0. The summed E-state index contributed by atoms with van der Waals surface area (Å²) < 4.78 is 0. The van der Waals surface area contributed by atoms with E-state index in [2.05, 4.69) is 20.8 Å². The average molecular weight is 349 g/mol. The molecular weight excluding hydrogens is 308 g/mol. The number of carbonyl (C=O) groups is 1. The largest absolute Gasteiger partial charge is 0.481 e. The van der Waals surface area contributed by atoms with Gasteiger partial charge in [-0.1, -0.05) is 128 Å². The molecule has 2 nitrogen and oxygen atoms in total. The Labute approximate surface area is 156 Å². The number of carboxylic acids is 1. The molecule has 0 fully saturated rings. The topological polar surface area (TPSA) is 37.3 Å². The van der Waals surface area contributed by atoms with Gasteiger partial charge in [0.15, 0.2) is 0 Å². The van der Waals surface area contributed by atoms with Crippen LogP contribution in [0.5, 0.6) is 0 Å². The van der Waals surface area contributed by atoms with Crippen molar-refractivity contribution in [3.05, 3.63) is 72.8 Å². The lowest BCUT2D eigenvalue weighted by Crippen LogP contribution is -1.86. The second-order valence-electron chi connectivity index (χ2n) is 4.86. The minimum absolute atomic E-state index is 0. The van der Waals surface area contributed by atoms with Gasteiger partial charge in [0, 0.05) is 6.42 Å². The third kappa shape index (κ3) is 44.9. The number of aliphatic carboxylic acids is 1. The molecular formula is C23H40O2. The van der Waals surface area contributed by atoms with Gasteiger partial charge in [0.2, 0.25) is 0 Å². The number of carboxylic acid groups (broad SMARTS) is 1. The van der Waals surface area contributed by atoms with Crippen molar-refractivity contribution in [1.82, 2.24) is 0 Å². The Morgan fingerprint density at radius 3 is 0.880 bits per heavy atom. The Morgan fingerprint density at radius 2 is 0.840 bits per heavy atom. The fourth-order valence-electron chi connectivity index (χ4n) is 0.770. The summed E-state index contributed by atoms with van der Waals surface area (Å²) >= 11 is 0. The molecule has 2 rings (SSSR count). The maximum Gasteiger partial charge on any atom is 0.303 e. The molecule has 0 aliphatic carbocycles. The van der Waals surface area contributed by atoms with Crippen LogP contribution < -0.4 is 0 Å². The van der Waals surface area contributed by atoms with E-state index in [4.69, 9.17) is 5.11 Å². The van der Waals surface area contributed by atoms with Gasteiger partial charge < -0.3 is 5.11 Å². The van der Waals surface area contributed by atoms with E-state index in [1.54, 1.807) is 6.92 Å². The van der Waals surface area contributed by atoms with Crippen molar-refractivity contribution in [2.24, 2.45) is 5.92 Å². The summed E-state index contributed by atoms with van der Waals surface area (Å²) in [6.07, 6.45) is 1.53. The summed E-state index contributed by atoms with van der Waals surface area (Å²) in [4.78, 5) is 9.37. The smallest absolute Gasteiger partial charge is 0.303 e. The predicted molar refractivity (Wildman–Crippen MR) is 114 cm³/mol. The van der Waals surface area contributed by atoms with Crippen molar-refractivity contribution in [2.75, 3.05) is 0 Å². The summed E-state index contributed by atoms with van der Waals surface area (Å²) in [6.45, 7) is 12.2. The first-order valence-corrected chi connectivity index (χ1v) is 8.76. The van der Waals surface area contributed by atoms with Crippen LogP contribution in [-0.2, 0) is 4.79 Å². The van der Waals surface area contributed by atoms with Crippen LogP contribution in [0.1, 0.15) is 61.8 Å². The highest BCUT2D eigenvalue weighted by molar-refractivity contribution is 5.66. The zero-order chi connectivity index (χ0) is 19.1. The van der Waals surface area contributed by atoms with E-state index in [0.717, 1.165) is 5.92 Å². The Balaban J connectivity index is -0.000000113. The van der Waals surface area contributed by atoms with E-state index in [1.807, 2.05) is 86.6 Å². The number of hydrogen-bond donors (Lipinski definition) is 1. The normalized spacial score (nSPS) is 7.48. The van der Waals surface area contributed by atoms with Gasteiger partial charge in [-0.15, -0.1) is 0 Å². The highest BCUT2D eigenvalue weighted by atomic mass is 16.4. The van der Waals surface area contributed by atoms with Gasteiger partial charge >= 0.3 is 5.97 Å². The third-order valence-corrected chi connectivity index (χ3v) is 2.45. The molecule has 0 unspecified atom stereocenters. The summed E-state index contributed by atoms with van der Waals surface area (Å²) in [5, 5.41) is 7.72. The van der Waals surface area contributed by atoms with Crippen molar-refractivity contribution >= 4 is 5.97 Å². The second-order valence-corrected chi connectivity index (χ2v) is 4.86. The van der Waals surface area contributed by atoms with E-state index in [1.165, 1.54) is 6.42 Å². The highest BCUT2D eigenvalue weighted by Gasteiger charge is 1.81. The standard InChI is InChI=1S/2C6H6.C5H12.C3H6O2.C2H6.CH4/c2*1-2-4-6-5-3-1;1-4-5(2)3;1-2-3(4)5;1-2;/h2*1-6H;5H,4H2,1-3H3;2H2,1H3,(H,4,5);1-2H3;1H4. The summed E-state index contributed by atoms with van der Waals surface area (Å²) in [5.74, 6) is 0.139. The van der Waals surface area contributed by atoms with Gasteiger partial charge in [0.1, 0.15) is 0 Å². The molecule has 0 saturated heterocycles. The summed E-state index contributed by atoms with van der Waals surface area (Å²) in [5.41, 5.74) is 0. The molecule has 0 aliphatic heterocycles. The first-order chi connectivity index (χ1) is 11.5. The number of rotatable bonds is 2.